The third-order valence-electron chi connectivity index (χ3n) is 8.14. The number of unbranched alkanes of at least 4 members (excludes halogenated alkanes) is 1. The second-order valence-corrected chi connectivity index (χ2v) is 10.4. The highest BCUT2D eigenvalue weighted by Gasteiger charge is 2.33. The van der Waals surface area contributed by atoms with Gasteiger partial charge in [-0.2, -0.15) is 8.78 Å². The number of hydrogen-bond donors (Lipinski definition) is 0. The van der Waals surface area contributed by atoms with Crippen molar-refractivity contribution in [1.82, 2.24) is 0 Å². The van der Waals surface area contributed by atoms with Crippen LogP contribution in [0.3, 0.4) is 0 Å². The van der Waals surface area contributed by atoms with Crippen molar-refractivity contribution < 1.29 is 31.4 Å². The lowest BCUT2D eigenvalue weighted by Gasteiger charge is -2.38. The van der Waals surface area contributed by atoms with Crippen molar-refractivity contribution in [1.29, 1.82) is 0 Å². The van der Waals surface area contributed by atoms with Gasteiger partial charge in [0.2, 0.25) is 0 Å². The number of ether oxygens (including phenoxy) is 2. The molecule has 0 bridgehead atoms. The van der Waals surface area contributed by atoms with E-state index in [1.807, 2.05) is 0 Å². The Balaban J connectivity index is 1.38. The molecule has 2 saturated carbocycles. The Hall–Kier alpha value is -2.31. The molecule has 2 aliphatic carbocycles. The summed E-state index contributed by atoms with van der Waals surface area (Å²) < 4.78 is 78.4. The van der Waals surface area contributed by atoms with Gasteiger partial charge in [-0.15, -0.1) is 0 Å². The standard InChI is InChI=1S/C29H35F5O2/c1-2-3-4-18-5-7-19(8-6-18)20-9-11-21(12-10-20)27-23(30)14-16-26(28(27)32)35-22-13-15-25(24(31)17-22)36-29(33)34/h13-21,29H,2-12H2,1H3. The van der Waals surface area contributed by atoms with E-state index in [1.165, 1.54) is 57.1 Å². The summed E-state index contributed by atoms with van der Waals surface area (Å²) in [6.45, 7) is -0.928. The monoisotopic (exact) mass is 510 g/mol. The molecule has 2 aromatic carbocycles. The summed E-state index contributed by atoms with van der Waals surface area (Å²) in [7, 11) is 0. The van der Waals surface area contributed by atoms with Crippen LogP contribution in [0.2, 0.25) is 0 Å². The van der Waals surface area contributed by atoms with Gasteiger partial charge in [-0.25, -0.2) is 13.2 Å². The molecule has 2 nitrogen and oxygen atoms in total. The highest BCUT2D eigenvalue weighted by atomic mass is 19.3. The Kier molecular flexibility index (Phi) is 9.13. The number of benzene rings is 2. The van der Waals surface area contributed by atoms with Crippen molar-refractivity contribution in [2.45, 2.75) is 90.1 Å². The molecule has 0 heterocycles. The van der Waals surface area contributed by atoms with Gasteiger partial charge in [0.1, 0.15) is 11.6 Å². The third-order valence-corrected chi connectivity index (χ3v) is 8.14. The molecule has 0 aromatic heterocycles. The van der Waals surface area contributed by atoms with E-state index >= 15 is 4.39 Å². The molecule has 0 aliphatic heterocycles. The molecule has 0 saturated heterocycles. The Labute approximate surface area is 210 Å². The fraction of sp³-hybridized carbons (Fsp3) is 0.586. The molecule has 0 N–H and O–H groups in total. The van der Waals surface area contributed by atoms with Crippen molar-refractivity contribution in [3.8, 4) is 17.2 Å². The number of hydrogen-bond acceptors (Lipinski definition) is 2. The maximum atomic E-state index is 15.4. The van der Waals surface area contributed by atoms with Crippen LogP contribution in [0.5, 0.6) is 17.2 Å². The highest BCUT2D eigenvalue weighted by molar-refractivity contribution is 5.40. The summed E-state index contributed by atoms with van der Waals surface area (Å²) in [5, 5.41) is 0. The maximum absolute atomic E-state index is 15.4. The molecule has 0 spiro atoms. The summed E-state index contributed by atoms with van der Waals surface area (Å²) in [4.78, 5) is 0. The number of rotatable bonds is 9. The minimum Gasteiger partial charge on any atom is -0.454 e. The average Bonchev–Trinajstić information content (AvgIpc) is 2.87. The van der Waals surface area contributed by atoms with E-state index in [1.54, 1.807) is 0 Å². The van der Waals surface area contributed by atoms with Gasteiger partial charge in [-0.3, -0.25) is 0 Å². The van der Waals surface area contributed by atoms with Gasteiger partial charge in [0, 0.05) is 11.6 Å². The fourth-order valence-corrected chi connectivity index (χ4v) is 6.19. The molecular weight excluding hydrogens is 475 g/mol. The zero-order valence-corrected chi connectivity index (χ0v) is 20.8. The second kappa shape index (κ2) is 12.3. The zero-order chi connectivity index (χ0) is 25.7. The van der Waals surface area contributed by atoms with Crippen molar-refractivity contribution in [3.63, 3.8) is 0 Å². The zero-order valence-electron chi connectivity index (χ0n) is 20.8. The van der Waals surface area contributed by atoms with Gasteiger partial charge in [0.05, 0.1) is 0 Å². The molecular formula is C29H35F5O2. The van der Waals surface area contributed by atoms with Crippen LogP contribution in [-0.2, 0) is 0 Å². The van der Waals surface area contributed by atoms with E-state index in [0.29, 0.717) is 5.92 Å². The van der Waals surface area contributed by atoms with Crippen LogP contribution in [-0.4, -0.2) is 6.61 Å². The van der Waals surface area contributed by atoms with Crippen molar-refractivity contribution >= 4 is 0 Å². The molecule has 0 unspecified atom stereocenters. The topological polar surface area (TPSA) is 18.5 Å². The van der Waals surface area contributed by atoms with Gasteiger partial charge in [-0.05, 0) is 86.5 Å². The summed E-state index contributed by atoms with van der Waals surface area (Å²) in [6, 6.07) is 5.35. The van der Waals surface area contributed by atoms with E-state index in [-0.39, 0.29) is 23.0 Å². The van der Waals surface area contributed by atoms with Crippen molar-refractivity contribution in [2.24, 2.45) is 17.8 Å². The van der Waals surface area contributed by atoms with Gasteiger partial charge in [0.15, 0.2) is 23.1 Å². The van der Waals surface area contributed by atoms with Crippen LogP contribution in [0.15, 0.2) is 30.3 Å². The van der Waals surface area contributed by atoms with Crippen LogP contribution in [0, 0.1) is 35.2 Å². The van der Waals surface area contributed by atoms with E-state index < -0.39 is 29.8 Å². The Morgan fingerprint density at radius 1 is 0.806 bits per heavy atom. The van der Waals surface area contributed by atoms with Crippen molar-refractivity contribution in [3.05, 3.63) is 53.3 Å². The smallest absolute Gasteiger partial charge is 0.387 e. The predicted octanol–water partition coefficient (Wildman–Crippen LogP) is 9.77. The number of alkyl halides is 2. The first-order valence-corrected chi connectivity index (χ1v) is 13.3. The molecule has 198 valence electrons. The average molecular weight is 511 g/mol. The second-order valence-electron chi connectivity index (χ2n) is 10.4. The molecule has 36 heavy (non-hydrogen) atoms. The largest absolute Gasteiger partial charge is 0.454 e. The molecule has 2 fully saturated rings. The van der Waals surface area contributed by atoms with Gasteiger partial charge < -0.3 is 9.47 Å². The fourth-order valence-electron chi connectivity index (χ4n) is 6.19. The van der Waals surface area contributed by atoms with Crippen LogP contribution >= 0.6 is 0 Å². The quantitative estimate of drug-likeness (QED) is 0.313. The Morgan fingerprint density at radius 3 is 2.06 bits per heavy atom. The maximum Gasteiger partial charge on any atom is 0.387 e. The minimum atomic E-state index is -3.17. The van der Waals surface area contributed by atoms with Crippen LogP contribution < -0.4 is 9.47 Å². The summed E-state index contributed by atoms with van der Waals surface area (Å²) in [6.07, 6.45) is 12.5. The van der Waals surface area contributed by atoms with Gasteiger partial charge >= 0.3 is 6.61 Å². The molecule has 2 aliphatic rings. The predicted molar refractivity (Wildman–Crippen MR) is 129 cm³/mol. The van der Waals surface area contributed by atoms with Crippen LogP contribution in [0.25, 0.3) is 0 Å². The van der Waals surface area contributed by atoms with Crippen molar-refractivity contribution in [2.75, 3.05) is 0 Å². The molecule has 2 aromatic rings. The molecule has 4 rings (SSSR count). The minimum absolute atomic E-state index is 0.0207. The Morgan fingerprint density at radius 2 is 1.44 bits per heavy atom. The summed E-state index contributed by atoms with van der Waals surface area (Å²) in [5.41, 5.74) is 0.0207. The SMILES string of the molecule is CCCCC1CCC(C2CCC(c3c(F)ccc(Oc4ccc(OC(F)F)c(F)c4)c3F)CC2)CC1. The number of halogens is 5. The van der Waals surface area contributed by atoms with Crippen LogP contribution in [0.1, 0.15) is 89.0 Å². The summed E-state index contributed by atoms with van der Waals surface area (Å²) >= 11 is 0. The van der Waals surface area contributed by atoms with Gasteiger partial charge in [-0.1, -0.05) is 39.0 Å². The lowest BCUT2D eigenvalue weighted by molar-refractivity contribution is -0.0522. The van der Waals surface area contributed by atoms with Gasteiger partial charge in [0.25, 0.3) is 0 Å². The lowest BCUT2D eigenvalue weighted by Crippen LogP contribution is -2.26. The van der Waals surface area contributed by atoms with E-state index in [2.05, 4.69) is 11.7 Å². The summed E-state index contributed by atoms with van der Waals surface area (Å²) in [5.74, 6) is -1.43. The first kappa shape index (κ1) is 26.7. The normalized spacial score (nSPS) is 24.6. The first-order chi connectivity index (χ1) is 17.4. The van der Waals surface area contributed by atoms with Crippen LogP contribution in [0.4, 0.5) is 22.0 Å². The molecule has 0 radical (unpaired) electrons. The highest BCUT2D eigenvalue weighted by Crippen LogP contribution is 2.46. The van der Waals surface area contributed by atoms with E-state index in [0.717, 1.165) is 55.7 Å². The molecule has 0 atom stereocenters. The van der Waals surface area contributed by atoms with E-state index in [9.17, 15) is 17.6 Å². The van der Waals surface area contributed by atoms with E-state index in [4.69, 9.17) is 4.74 Å². The third kappa shape index (κ3) is 6.51. The first-order valence-electron chi connectivity index (χ1n) is 13.3. The molecule has 7 heteroatoms. The lowest BCUT2D eigenvalue weighted by atomic mass is 9.68. The molecule has 0 amide bonds. The Bertz CT molecular complexity index is 995.